The Morgan fingerprint density at radius 2 is 1.70 bits per heavy atom. The van der Waals surface area contributed by atoms with Gasteiger partial charge in [-0.3, -0.25) is 4.79 Å². The molecule has 3 N–H and O–H groups in total. The molecule has 1 heterocycles. The van der Waals surface area contributed by atoms with E-state index in [1.54, 1.807) is 49.4 Å². The first-order chi connectivity index (χ1) is 20.5. The van der Waals surface area contributed by atoms with Gasteiger partial charge in [-0.2, -0.15) is 0 Å². The maximum atomic E-state index is 14.1. The number of carbonyl (C=O) groups is 2. The number of carboxylic acid groups (broad SMARTS) is 2. The third-order valence-corrected chi connectivity index (χ3v) is 7.32. The molecule has 0 atom stereocenters. The first kappa shape index (κ1) is 36.7. The predicted molar refractivity (Wildman–Crippen MR) is 171 cm³/mol. The second-order valence-corrected chi connectivity index (χ2v) is 11.1. The number of benzene rings is 2. The fourth-order valence-electron chi connectivity index (χ4n) is 4.96. The van der Waals surface area contributed by atoms with Crippen LogP contribution in [0.25, 0.3) is 22.4 Å². The highest BCUT2D eigenvalue weighted by Gasteiger charge is 2.22. The highest BCUT2D eigenvalue weighted by atomic mass is 35.5. The summed E-state index contributed by atoms with van der Waals surface area (Å²) in [5.74, 6) is 0.220. The van der Waals surface area contributed by atoms with E-state index in [-0.39, 0.29) is 35.6 Å². The lowest BCUT2D eigenvalue weighted by atomic mass is 9.93. The molecule has 240 valence electrons. The van der Waals surface area contributed by atoms with Crippen molar-refractivity contribution in [2.45, 2.75) is 57.9 Å². The quantitative estimate of drug-likeness (QED) is 0.189. The van der Waals surface area contributed by atoms with Crippen molar-refractivity contribution >= 4 is 36.1 Å². The summed E-state index contributed by atoms with van der Waals surface area (Å²) in [7, 11) is 3.99. The van der Waals surface area contributed by atoms with Crippen LogP contribution in [0, 0.1) is 6.92 Å². The topological polar surface area (TPSA) is 112 Å². The molecule has 0 aliphatic heterocycles. The zero-order valence-corrected chi connectivity index (χ0v) is 26.6. The summed E-state index contributed by atoms with van der Waals surface area (Å²) in [5, 5.41) is 17.5. The second kappa shape index (κ2) is 17.7. The minimum atomic E-state index is -2.66. The SMILES string of the molecule is Cc1ccc(-c2ccc(C(=O)NC3CCCCC3)nc2-c2ccc(Cl)c(OCCCN(C)C)c2)c(C(F)F)c1.Cl.O=C(O)O. The maximum Gasteiger partial charge on any atom is 0.503 e. The Morgan fingerprint density at radius 3 is 2.34 bits per heavy atom. The smallest absolute Gasteiger partial charge is 0.492 e. The molecule has 1 amide bonds. The number of ether oxygens (including phenoxy) is 1. The lowest BCUT2D eigenvalue weighted by Crippen LogP contribution is -2.36. The fourth-order valence-corrected chi connectivity index (χ4v) is 5.13. The van der Waals surface area contributed by atoms with Gasteiger partial charge in [0, 0.05) is 29.3 Å². The highest BCUT2D eigenvalue weighted by molar-refractivity contribution is 6.32. The number of nitrogens with zero attached hydrogens (tertiary/aromatic N) is 2. The molecule has 4 rings (SSSR count). The summed E-state index contributed by atoms with van der Waals surface area (Å²) in [5.41, 5.74) is 2.85. The van der Waals surface area contributed by atoms with Crippen molar-refractivity contribution in [3.63, 3.8) is 0 Å². The van der Waals surface area contributed by atoms with Crippen molar-refractivity contribution in [2.24, 2.45) is 0 Å². The number of carbonyl (C=O) groups excluding carboxylic acids is 1. The van der Waals surface area contributed by atoms with Gasteiger partial charge < -0.3 is 25.2 Å². The van der Waals surface area contributed by atoms with E-state index in [4.69, 9.17) is 36.3 Å². The van der Waals surface area contributed by atoms with Crippen LogP contribution in [0.5, 0.6) is 5.75 Å². The molecular weight excluding hydrogens is 615 g/mol. The Labute approximate surface area is 267 Å². The summed E-state index contributed by atoms with van der Waals surface area (Å²) >= 11 is 6.44. The number of halogens is 4. The number of nitrogens with one attached hydrogen (secondary N) is 1. The molecule has 0 radical (unpaired) electrons. The molecule has 0 spiro atoms. The largest absolute Gasteiger partial charge is 0.503 e. The van der Waals surface area contributed by atoms with Crippen LogP contribution >= 0.6 is 24.0 Å². The van der Waals surface area contributed by atoms with Crippen LogP contribution in [-0.2, 0) is 0 Å². The van der Waals surface area contributed by atoms with E-state index >= 15 is 0 Å². The molecule has 0 bridgehead atoms. The van der Waals surface area contributed by atoms with Crippen molar-refractivity contribution in [3.05, 3.63) is 70.4 Å². The summed E-state index contributed by atoms with van der Waals surface area (Å²) in [6.45, 7) is 3.12. The zero-order chi connectivity index (χ0) is 31.5. The van der Waals surface area contributed by atoms with Crippen LogP contribution in [0.3, 0.4) is 0 Å². The van der Waals surface area contributed by atoms with Crippen LogP contribution < -0.4 is 10.1 Å². The monoisotopic (exact) mass is 653 g/mol. The van der Waals surface area contributed by atoms with Crippen molar-refractivity contribution in [2.75, 3.05) is 27.2 Å². The van der Waals surface area contributed by atoms with Crippen LogP contribution in [0.4, 0.5) is 13.6 Å². The molecule has 1 saturated carbocycles. The molecule has 8 nitrogen and oxygen atoms in total. The van der Waals surface area contributed by atoms with Crippen molar-refractivity contribution < 1.29 is 33.3 Å². The number of hydrogen-bond donors (Lipinski definition) is 3. The molecule has 0 saturated heterocycles. The molecule has 1 aliphatic carbocycles. The van der Waals surface area contributed by atoms with Crippen molar-refractivity contribution in [1.29, 1.82) is 0 Å². The second-order valence-electron chi connectivity index (χ2n) is 10.7. The average Bonchev–Trinajstić information content (AvgIpc) is 2.96. The van der Waals surface area contributed by atoms with E-state index in [0.29, 0.717) is 39.8 Å². The molecule has 1 fully saturated rings. The van der Waals surface area contributed by atoms with E-state index in [0.717, 1.165) is 44.2 Å². The fraction of sp³-hybridized carbons (Fsp3) is 0.406. The van der Waals surface area contributed by atoms with Gasteiger partial charge in [0.25, 0.3) is 12.3 Å². The van der Waals surface area contributed by atoms with Gasteiger partial charge >= 0.3 is 6.16 Å². The predicted octanol–water partition coefficient (Wildman–Crippen LogP) is 8.35. The summed E-state index contributed by atoms with van der Waals surface area (Å²) < 4.78 is 34.2. The van der Waals surface area contributed by atoms with Gasteiger partial charge in [-0.15, -0.1) is 12.4 Å². The molecule has 12 heteroatoms. The molecular formula is C32H39Cl2F2N3O5. The van der Waals surface area contributed by atoms with Gasteiger partial charge in [0.1, 0.15) is 11.4 Å². The minimum Gasteiger partial charge on any atom is -0.492 e. The first-order valence-corrected chi connectivity index (χ1v) is 14.5. The molecule has 1 aromatic heterocycles. The standard InChI is InChI=1S/C31H36ClF2N3O2.CH2O3.ClH/c1-20-10-12-23(25(18-20)30(33)34)24-13-15-27(31(38)35-22-8-5-4-6-9-22)36-29(24)21-11-14-26(32)28(19-21)39-17-7-16-37(2)3;2-1(3)4;/h10-15,18-19,22,30H,4-9,16-17H2,1-3H3,(H,35,38);(H2,2,3,4);1H. The van der Waals surface area contributed by atoms with Crippen molar-refractivity contribution in [3.8, 4) is 28.1 Å². The number of pyridine rings is 1. The zero-order valence-electron chi connectivity index (χ0n) is 25.0. The van der Waals surface area contributed by atoms with E-state index in [1.165, 1.54) is 12.5 Å². The number of amides is 1. The average molecular weight is 655 g/mol. The first-order valence-electron chi connectivity index (χ1n) is 14.2. The lowest BCUT2D eigenvalue weighted by molar-refractivity contribution is 0.0922. The van der Waals surface area contributed by atoms with Gasteiger partial charge in [0.15, 0.2) is 0 Å². The summed E-state index contributed by atoms with van der Waals surface area (Å²) in [4.78, 5) is 28.5. The van der Waals surface area contributed by atoms with Crippen LogP contribution in [0.1, 0.15) is 66.6 Å². The Kier molecular flexibility index (Phi) is 14.8. The number of aryl methyl sites for hydroxylation is 1. The number of alkyl halides is 2. The maximum absolute atomic E-state index is 14.1. The molecule has 3 aromatic rings. The van der Waals surface area contributed by atoms with E-state index in [2.05, 4.69) is 10.2 Å². The number of hydrogen-bond acceptors (Lipinski definition) is 5. The van der Waals surface area contributed by atoms with Gasteiger partial charge in [0.2, 0.25) is 0 Å². The van der Waals surface area contributed by atoms with Gasteiger partial charge in [-0.25, -0.2) is 18.6 Å². The van der Waals surface area contributed by atoms with Crippen molar-refractivity contribution in [1.82, 2.24) is 15.2 Å². The Balaban J connectivity index is 0.00000127. The third kappa shape index (κ3) is 10.9. The van der Waals surface area contributed by atoms with Crippen LogP contribution in [0.15, 0.2) is 48.5 Å². The summed E-state index contributed by atoms with van der Waals surface area (Å²) in [6.07, 6.45) is 1.58. The highest BCUT2D eigenvalue weighted by Crippen LogP contribution is 2.39. The van der Waals surface area contributed by atoms with E-state index < -0.39 is 12.6 Å². The van der Waals surface area contributed by atoms with Crippen LogP contribution in [0.2, 0.25) is 5.02 Å². The Bertz CT molecular complexity index is 1400. The van der Waals surface area contributed by atoms with Crippen LogP contribution in [-0.4, -0.2) is 65.4 Å². The molecule has 2 aromatic carbocycles. The van der Waals surface area contributed by atoms with E-state index in [1.807, 2.05) is 14.1 Å². The van der Waals surface area contributed by atoms with Gasteiger partial charge in [-0.05, 0) is 76.2 Å². The number of aromatic nitrogens is 1. The molecule has 0 unspecified atom stereocenters. The summed E-state index contributed by atoms with van der Waals surface area (Å²) in [6, 6.07) is 13.7. The van der Waals surface area contributed by atoms with Gasteiger partial charge in [0.05, 0.1) is 17.3 Å². The third-order valence-electron chi connectivity index (χ3n) is 7.01. The van der Waals surface area contributed by atoms with E-state index in [9.17, 15) is 13.6 Å². The Morgan fingerprint density at radius 1 is 1.05 bits per heavy atom. The molecule has 44 heavy (non-hydrogen) atoms. The molecule has 1 aliphatic rings. The minimum absolute atomic E-state index is 0. The Hall–Kier alpha value is -3.47. The van der Waals surface area contributed by atoms with Gasteiger partial charge in [-0.1, -0.05) is 54.6 Å². The lowest BCUT2D eigenvalue weighted by Gasteiger charge is -2.23. The normalized spacial score (nSPS) is 13.1. The number of rotatable bonds is 10.